The highest BCUT2D eigenvalue weighted by Gasteiger charge is 2.07. The molecule has 0 atom stereocenters. The molecule has 4 heteroatoms. The lowest BCUT2D eigenvalue weighted by molar-refractivity contribution is 0.0998. The van der Waals surface area contributed by atoms with E-state index in [1.807, 2.05) is 0 Å². The van der Waals surface area contributed by atoms with Crippen LogP contribution in [0.2, 0.25) is 0 Å². The topological polar surface area (TPSA) is 69.1 Å². The fraction of sp³-hybridized carbons (Fsp3) is 0.125. The van der Waals surface area contributed by atoms with E-state index in [0.29, 0.717) is 5.69 Å². The van der Waals surface area contributed by atoms with Crippen LogP contribution in [-0.2, 0) is 6.67 Å². The molecule has 1 aromatic carbocycles. The summed E-state index contributed by atoms with van der Waals surface area (Å²) < 4.78 is 12.3. The van der Waals surface area contributed by atoms with Crippen molar-refractivity contribution in [1.29, 1.82) is 0 Å². The molecule has 0 spiro atoms. The highest BCUT2D eigenvalue weighted by molar-refractivity contribution is 5.94. The largest absolute Gasteiger partial charge is 0.399 e. The number of primary amides is 1. The maximum atomic E-state index is 12.3. The van der Waals surface area contributed by atoms with Gasteiger partial charge in [-0.3, -0.25) is 4.79 Å². The van der Waals surface area contributed by atoms with E-state index in [2.05, 4.69) is 0 Å². The Kier molecular flexibility index (Phi) is 2.28. The fourth-order valence-corrected chi connectivity index (χ4v) is 0.965. The summed E-state index contributed by atoms with van der Waals surface area (Å²) in [5, 5.41) is 0. The van der Waals surface area contributed by atoms with Crippen LogP contribution in [0.1, 0.15) is 15.9 Å². The second-order valence-electron chi connectivity index (χ2n) is 2.41. The highest BCUT2D eigenvalue weighted by atomic mass is 19.1. The first kappa shape index (κ1) is 8.52. The van der Waals surface area contributed by atoms with Gasteiger partial charge in [-0.2, -0.15) is 0 Å². The zero-order valence-corrected chi connectivity index (χ0v) is 6.38. The van der Waals surface area contributed by atoms with Crippen molar-refractivity contribution in [1.82, 2.24) is 0 Å². The van der Waals surface area contributed by atoms with Gasteiger partial charge in [0.25, 0.3) is 0 Å². The summed E-state index contributed by atoms with van der Waals surface area (Å²) in [5.41, 5.74) is 11.2. The number of nitrogens with two attached hydrogens (primary N) is 2. The third-order valence-corrected chi connectivity index (χ3v) is 1.54. The molecule has 1 amide bonds. The lowest BCUT2D eigenvalue weighted by Gasteiger charge is -2.02. The number of anilines is 1. The first-order valence-electron chi connectivity index (χ1n) is 3.39. The smallest absolute Gasteiger partial charge is 0.249 e. The Morgan fingerprint density at radius 1 is 1.50 bits per heavy atom. The summed E-state index contributed by atoms with van der Waals surface area (Å²) in [6, 6.07) is 4.34. The summed E-state index contributed by atoms with van der Waals surface area (Å²) in [7, 11) is 0. The highest BCUT2D eigenvalue weighted by Crippen LogP contribution is 2.13. The van der Waals surface area contributed by atoms with Crippen molar-refractivity contribution in [3.63, 3.8) is 0 Å². The third-order valence-electron chi connectivity index (χ3n) is 1.54. The predicted octanol–water partition coefficient (Wildman–Crippen LogP) is 0.837. The Morgan fingerprint density at radius 2 is 2.17 bits per heavy atom. The maximum Gasteiger partial charge on any atom is 0.249 e. The van der Waals surface area contributed by atoms with Crippen molar-refractivity contribution in [2.24, 2.45) is 5.73 Å². The molecular formula is C8H9FN2O. The summed E-state index contributed by atoms with van der Waals surface area (Å²) >= 11 is 0. The van der Waals surface area contributed by atoms with Gasteiger partial charge in [0.05, 0.1) is 0 Å². The molecule has 0 aliphatic carbocycles. The first-order valence-corrected chi connectivity index (χ1v) is 3.39. The van der Waals surface area contributed by atoms with Gasteiger partial charge < -0.3 is 11.5 Å². The van der Waals surface area contributed by atoms with Gasteiger partial charge in [-0.1, -0.05) is 0 Å². The number of carbonyl (C=O) groups is 1. The van der Waals surface area contributed by atoms with E-state index in [-0.39, 0.29) is 11.1 Å². The summed E-state index contributed by atoms with van der Waals surface area (Å²) in [6.07, 6.45) is 0. The van der Waals surface area contributed by atoms with Crippen molar-refractivity contribution < 1.29 is 9.18 Å². The van der Waals surface area contributed by atoms with E-state index >= 15 is 0 Å². The number of hydrogen-bond donors (Lipinski definition) is 2. The van der Waals surface area contributed by atoms with Gasteiger partial charge in [0.1, 0.15) is 6.67 Å². The van der Waals surface area contributed by atoms with Gasteiger partial charge in [0.15, 0.2) is 0 Å². The Morgan fingerprint density at radius 3 is 2.67 bits per heavy atom. The second kappa shape index (κ2) is 3.21. The molecule has 0 bridgehead atoms. The molecule has 0 fully saturated rings. The van der Waals surface area contributed by atoms with Gasteiger partial charge in [-0.05, 0) is 23.8 Å². The summed E-state index contributed by atoms with van der Waals surface area (Å²) in [4.78, 5) is 10.7. The van der Waals surface area contributed by atoms with Crippen LogP contribution >= 0.6 is 0 Å². The van der Waals surface area contributed by atoms with Crippen molar-refractivity contribution in [3.05, 3.63) is 29.3 Å². The number of alkyl halides is 1. The average Bonchev–Trinajstić information content (AvgIpc) is 2.03. The van der Waals surface area contributed by atoms with Crippen molar-refractivity contribution in [3.8, 4) is 0 Å². The van der Waals surface area contributed by atoms with Gasteiger partial charge in [-0.15, -0.1) is 0 Å². The maximum absolute atomic E-state index is 12.3. The van der Waals surface area contributed by atoms with Crippen molar-refractivity contribution in [2.45, 2.75) is 6.67 Å². The van der Waals surface area contributed by atoms with E-state index in [9.17, 15) is 9.18 Å². The quantitative estimate of drug-likeness (QED) is 0.642. The summed E-state index contributed by atoms with van der Waals surface area (Å²) in [6.45, 7) is -0.733. The average molecular weight is 168 g/mol. The number of benzene rings is 1. The standard InChI is InChI=1S/C8H9FN2O/c9-4-5-3-6(10)1-2-7(5)8(11)12/h1-3H,4,10H2,(H2,11,12). The van der Waals surface area contributed by atoms with Crippen LogP contribution in [0.5, 0.6) is 0 Å². The number of carbonyl (C=O) groups excluding carboxylic acids is 1. The zero-order chi connectivity index (χ0) is 9.14. The second-order valence-corrected chi connectivity index (χ2v) is 2.41. The Hall–Kier alpha value is -1.58. The molecule has 1 rings (SSSR count). The first-order chi connectivity index (χ1) is 5.65. The lowest BCUT2D eigenvalue weighted by atomic mass is 10.1. The lowest BCUT2D eigenvalue weighted by Crippen LogP contribution is -2.13. The van der Waals surface area contributed by atoms with Crippen LogP contribution in [0.15, 0.2) is 18.2 Å². The van der Waals surface area contributed by atoms with Gasteiger partial charge >= 0.3 is 0 Å². The minimum atomic E-state index is -0.733. The van der Waals surface area contributed by atoms with Crippen molar-refractivity contribution >= 4 is 11.6 Å². The normalized spacial score (nSPS) is 9.75. The molecule has 3 nitrogen and oxygen atoms in total. The van der Waals surface area contributed by atoms with Gasteiger partial charge in [0, 0.05) is 11.3 Å². The predicted molar refractivity (Wildman–Crippen MR) is 44.2 cm³/mol. The van der Waals surface area contributed by atoms with E-state index in [1.165, 1.54) is 18.2 Å². The number of amides is 1. The Bertz CT molecular complexity index is 312. The van der Waals surface area contributed by atoms with E-state index in [1.54, 1.807) is 0 Å². The molecule has 4 N–H and O–H groups in total. The molecule has 0 saturated heterocycles. The molecule has 0 saturated carbocycles. The molecule has 0 aromatic heterocycles. The van der Waals surface area contributed by atoms with Gasteiger partial charge in [0.2, 0.25) is 5.91 Å². The molecule has 0 aliphatic heterocycles. The molecule has 0 unspecified atom stereocenters. The van der Waals surface area contributed by atoms with Crippen LogP contribution in [0.3, 0.4) is 0 Å². The molecule has 1 aromatic rings. The van der Waals surface area contributed by atoms with Crippen LogP contribution in [0.25, 0.3) is 0 Å². The number of nitrogen functional groups attached to an aromatic ring is 1. The monoisotopic (exact) mass is 168 g/mol. The zero-order valence-electron chi connectivity index (χ0n) is 6.38. The van der Waals surface area contributed by atoms with Crippen molar-refractivity contribution in [2.75, 3.05) is 5.73 Å². The van der Waals surface area contributed by atoms with Gasteiger partial charge in [-0.25, -0.2) is 4.39 Å². The molecular weight excluding hydrogens is 159 g/mol. The minimum Gasteiger partial charge on any atom is -0.399 e. The third kappa shape index (κ3) is 1.53. The number of rotatable bonds is 2. The van der Waals surface area contributed by atoms with Crippen LogP contribution in [-0.4, -0.2) is 5.91 Å². The SMILES string of the molecule is NC(=O)c1ccc(N)cc1CF. The molecule has 0 radical (unpaired) electrons. The number of hydrogen-bond acceptors (Lipinski definition) is 2. The minimum absolute atomic E-state index is 0.187. The molecule has 64 valence electrons. The summed E-state index contributed by atoms with van der Waals surface area (Å²) in [5.74, 6) is -0.636. The van der Waals surface area contributed by atoms with Crippen LogP contribution in [0.4, 0.5) is 10.1 Å². The Balaban J connectivity index is 3.20. The fourth-order valence-electron chi connectivity index (χ4n) is 0.965. The van der Waals surface area contributed by atoms with E-state index in [0.717, 1.165) is 0 Å². The molecule has 0 heterocycles. The van der Waals surface area contributed by atoms with Crippen LogP contribution < -0.4 is 11.5 Å². The Labute approximate surface area is 69.2 Å². The molecule has 12 heavy (non-hydrogen) atoms. The van der Waals surface area contributed by atoms with E-state index in [4.69, 9.17) is 11.5 Å². The van der Waals surface area contributed by atoms with Crippen LogP contribution in [0, 0.1) is 0 Å². The number of halogens is 1. The molecule has 0 aliphatic rings. The van der Waals surface area contributed by atoms with E-state index < -0.39 is 12.6 Å².